The molecule has 8 heteroatoms. The first-order valence-electron chi connectivity index (χ1n) is 8.04. The lowest BCUT2D eigenvalue weighted by Gasteiger charge is -2.36. The first kappa shape index (κ1) is 18.7. The maximum absolute atomic E-state index is 12.7. The fourth-order valence-corrected chi connectivity index (χ4v) is 2.87. The van der Waals surface area contributed by atoms with Gasteiger partial charge in [0.15, 0.2) is 5.11 Å². The standard InChI is InChI=1S/C17H19N3O4S/c1-3-9-18-15(21)14(16(22)19(10-4-2)17(18)25)11-12-5-7-13(8-6-12)20(23)24/h5-8,11H,3-4,9-10H2,1-2H3. The molecule has 1 heterocycles. The molecule has 0 aliphatic carbocycles. The van der Waals surface area contributed by atoms with Crippen molar-refractivity contribution in [2.45, 2.75) is 26.7 Å². The van der Waals surface area contributed by atoms with Crippen molar-refractivity contribution in [3.05, 3.63) is 45.5 Å². The summed E-state index contributed by atoms with van der Waals surface area (Å²) < 4.78 is 0. The Morgan fingerprint density at radius 1 is 1.04 bits per heavy atom. The van der Waals surface area contributed by atoms with Crippen LogP contribution in [0.3, 0.4) is 0 Å². The summed E-state index contributed by atoms with van der Waals surface area (Å²) in [5.74, 6) is -0.856. The Labute approximate surface area is 151 Å². The third-order valence-electron chi connectivity index (χ3n) is 3.72. The predicted molar refractivity (Wildman–Crippen MR) is 97.7 cm³/mol. The van der Waals surface area contributed by atoms with Crippen molar-refractivity contribution in [2.75, 3.05) is 13.1 Å². The van der Waals surface area contributed by atoms with Gasteiger partial charge in [0.2, 0.25) is 0 Å². The van der Waals surface area contributed by atoms with Gasteiger partial charge in [-0.1, -0.05) is 13.8 Å². The van der Waals surface area contributed by atoms with Crippen LogP contribution >= 0.6 is 12.2 Å². The van der Waals surface area contributed by atoms with E-state index in [2.05, 4.69) is 0 Å². The van der Waals surface area contributed by atoms with Crippen LogP contribution in [-0.4, -0.2) is 44.7 Å². The Morgan fingerprint density at radius 2 is 1.52 bits per heavy atom. The molecule has 7 nitrogen and oxygen atoms in total. The molecule has 1 aromatic carbocycles. The van der Waals surface area contributed by atoms with Crippen molar-refractivity contribution in [3.8, 4) is 0 Å². The lowest BCUT2D eigenvalue weighted by atomic mass is 10.1. The van der Waals surface area contributed by atoms with Gasteiger partial charge in [-0.05, 0) is 48.8 Å². The van der Waals surface area contributed by atoms with Crippen LogP contribution < -0.4 is 0 Å². The van der Waals surface area contributed by atoms with Crippen LogP contribution in [0.1, 0.15) is 32.3 Å². The summed E-state index contributed by atoms with van der Waals surface area (Å²) in [5, 5.41) is 11.0. The minimum atomic E-state index is -0.502. The fourth-order valence-electron chi connectivity index (χ4n) is 2.53. The van der Waals surface area contributed by atoms with Crippen molar-refractivity contribution in [2.24, 2.45) is 0 Å². The number of hydrogen-bond acceptors (Lipinski definition) is 5. The summed E-state index contributed by atoms with van der Waals surface area (Å²) in [6, 6.07) is 5.69. The van der Waals surface area contributed by atoms with Gasteiger partial charge in [0.25, 0.3) is 17.5 Å². The zero-order valence-electron chi connectivity index (χ0n) is 14.1. The fraction of sp³-hybridized carbons (Fsp3) is 0.353. The quantitative estimate of drug-likeness (QED) is 0.256. The molecule has 1 aromatic rings. The maximum atomic E-state index is 12.7. The first-order chi connectivity index (χ1) is 11.9. The highest BCUT2D eigenvalue weighted by Crippen LogP contribution is 2.22. The van der Waals surface area contributed by atoms with Gasteiger partial charge in [-0.15, -0.1) is 0 Å². The van der Waals surface area contributed by atoms with Gasteiger partial charge < -0.3 is 0 Å². The van der Waals surface area contributed by atoms with Gasteiger partial charge in [-0.3, -0.25) is 29.5 Å². The molecule has 0 saturated carbocycles. The monoisotopic (exact) mass is 361 g/mol. The summed E-state index contributed by atoms with van der Waals surface area (Å²) in [4.78, 5) is 38.5. The van der Waals surface area contributed by atoms with Crippen molar-refractivity contribution >= 4 is 40.9 Å². The summed E-state index contributed by atoms with van der Waals surface area (Å²) >= 11 is 5.30. The number of carbonyl (C=O) groups excluding carboxylic acids is 2. The average Bonchev–Trinajstić information content (AvgIpc) is 2.60. The number of non-ortho nitro benzene ring substituents is 1. The minimum Gasteiger partial charge on any atom is -0.285 e. The van der Waals surface area contributed by atoms with E-state index in [9.17, 15) is 19.7 Å². The Hall–Kier alpha value is -2.61. The van der Waals surface area contributed by atoms with Gasteiger partial charge in [0, 0.05) is 25.2 Å². The largest absolute Gasteiger partial charge is 0.285 e. The second-order valence-electron chi connectivity index (χ2n) is 5.60. The van der Waals surface area contributed by atoms with Crippen molar-refractivity contribution in [1.82, 2.24) is 9.80 Å². The van der Waals surface area contributed by atoms with Crippen LogP contribution in [0.15, 0.2) is 29.8 Å². The van der Waals surface area contributed by atoms with Crippen molar-refractivity contribution in [1.29, 1.82) is 0 Å². The molecule has 1 saturated heterocycles. The maximum Gasteiger partial charge on any atom is 0.269 e. The molecular weight excluding hydrogens is 342 g/mol. The van der Waals surface area contributed by atoms with Gasteiger partial charge in [-0.2, -0.15) is 0 Å². The number of hydrogen-bond donors (Lipinski definition) is 0. The van der Waals surface area contributed by atoms with E-state index in [0.717, 1.165) is 0 Å². The van der Waals surface area contributed by atoms with Crippen molar-refractivity contribution in [3.63, 3.8) is 0 Å². The molecule has 0 N–H and O–H groups in total. The normalized spacial score (nSPS) is 15.0. The number of nitrogens with zero attached hydrogens (tertiary/aromatic N) is 3. The van der Waals surface area contributed by atoms with E-state index in [0.29, 0.717) is 31.5 Å². The SMILES string of the molecule is CCCN1C(=O)C(=Cc2ccc([N+](=O)[O-])cc2)C(=O)N(CCC)C1=S. The molecular formula is C17H19N3O4S. The second-order valence-corrected chi connectivity index (χ2v) is 5.97. The van der Waals surface area contributed by atoms with Crippen LogP contribution in [0.2, 0.25) is 0 Å². The minimum absolute atomic E-state index is 0.0179. The molecule has 0 bridgehead atoms. The van der Waals surface area contributed by atoms with Gasteiger partial charge in [0.05, 0.1) is 4.92 Å². The summed E-state index contributed by atoms with van der Waals surface area (Å²) in [7, 11) is 0. The van der Waals surface area contributed by atoms with Crippen LogP contribution in [0.4, 0.5) is 5.69 Å². The Balaban J connectivity index is 2.41. The number of carbonyl (C=O) groups is 2. The van der Waals surface area contributed by atoms with E-state index >= 15 is 0 Å². The molecule has 2 amide bonds. The lowest BCUT2D eigenvalue weighted by molar-refractivity contribution is -0.384. The Bertz CT molecular complexity index is 713. The zero-order chi connectivity index (χ0) is 18.6. The van der Waals surface area contributed by atoms with E-state index in [1.165, 1.54) is 40.1 Å². The smallest absolute Gasteiger partial charge is 0.269 e. The summed E-state index contributed by atoms with van der Waals surface area (Å²) in [6.45, 7) is 4.72. The molecule has 25 heavy (non-hydrogen) atoms. The highest BCUT2D eigenvalue weighted by molar-refractivity contribution is 7.80. The number of amides is 2. The average molecular weight is 361 g/mol. The highest BCUT2D eigenvalue weighted by Gasteiger charge is 2.38. The van der Waals surface area contributed by atoms with E-state index in [1.807, 2.05) is 13.8 Å². The Kier molecular flexibility index (Phi) is 5.97. The second kappa shape index (κ2) is 7.98. The summed E-state index contributed by atoms with van der Waals surface area (Å²) in [6.07, 6.45) is 2.89. The van der Waals surface area contributed by atoms with E-state index in [1.54, 1.807) is 0 Å². The number of nitro groups is 1. The van der Waals surface area contributed by atoms with Crippen LogP contribution in [0.5, 0.6) is 0 Å². The predicted octanol–water partition coefficient (Wildman–Crippen LogP) is 2.75. The molecule has 1 aliphatic heterocycles. The Morgan fingerprint density at radius 3 is 1.92 bits per heavy atom. The molecule has 0 spiro atoms. The molecule has 2 rings (SSSR count). The third kappa shape index (κ3) is 3.90. The molecule has 1 aliphatic rings. The van der Waals surface area contributed by atoms with Gasteiger partial charge in [-0.25, -0.2) is 0 Å². The van der Waals surface area contributed by atoms with E-state index in [4.69, 9.17) is 12.2 Å². The molecule has 0 unspecified atom stereocenters. The topological polar surface area (TPSA) is 83.8 Å². The van der Waals surface area contributed by atoms with Crippen LogP contribution in [-0.2, 0) is 9.59 Å². The summed E-state index contributed by atoms with van der Waals surface area (Å²) in [5.41, 5.74) is 0.511. The zero-order valence-corrected chi connectivity index (χ0v) is 14.9. The van der Waals surface area contributed by atoms with Gasteiger partial charge in [0.1, 0.15) is 5.57 Å². The number of benzene rings is 1. The number of thiocarbonyl (C=S) groups is 1. The molecule has 0 aromatic heterocycles. The third-order valence-corrected chi connectivity index (χ3v) is 4.16. The molecule has 0 radical (unpaired) electrons. The number of rotatable bonds is 6. The van der Waals surface area contributed by atoms with Crippen LogP contribution in [0, 0.1) is 10.1 Å². The lowest BCUT2D eigenvalue weighted by Crippen LogP contribution is -2.56. The van der Waals surface area contributed by atoms with Crippen molar-refractivity contribution < 1.29 is 14.5 Å². The molecule has 1 fully saturated rings. The molecule has 132 valence electrons. The van der Waals surface area contributed by atoms with Crippen LogP contribution in [0.25, 0.3) is 6.08 Å². The number of nitro benzene ring substituents is 1. The van der Waals surface area contributed by atoms with E-state index < -0.39 is 16.7 Å². The molecule has 0 atom stereocenters. The van der Waals surface area contributed by atoms with Gasteiger partial charge >= 0.3 is 0 Å². The van der Waals surface area contributed by atoms with E-state index in [-0.39, 0.29) is 16.4 Å². The highest BCUT2D eigenvalue weighted by atomic mass is 32.1. The first-order valence-corrected chi connectivity index (χ1v) is 8.45.